The predicted octanol–water partition coefficient (Wildman–Crippen LogP) is 0.0114. The largest absolute Gasteiger partial charge is 0.481 e. The Bertz CT molecular complexity index is 929. The molecular weight excluding hydrogens is 314 g/mol. The molecule has 8 heteroatoms. The van der Waals surface area contributed by atoms with Crippen molar-refractivity contribution < 1.29 is 14.7 Å². The van der Waals surface area contributed by atoms with Crippen molar-refractivity contribution in [2.45, 2.75) is 25.9 Å². The first-order valence-electron chi connectivity index (χ1n) is 7.64. The molecule has 3 rings (SSSR count). The first-order chi connectivity index (χ1) is 11.4. The van der Waals surface area contributed by atoms with Gasteiger partial charge in [0, 0.05) is 12.6 Å². The van der Waals surface area contributed by atoms with Gasteiger partial charge in [-0.05, 0) is 25.5 Å². The molecule has 8 nitrogen and oxygen atoms in total. The summed E-state index contributed by atoms with van der Waals surface area (Å²) in [6.07, 6.45) is 0.366. The Labute approximate surface area is 136 Å². The summed E-state index contributed by atoms with van der Waals surface area (Å²) in [4.78, 5) is 52.1. The lowest BCUT2D eigenvalue weighted by Crippen LogP contribution is -2.44. The Kier molecular flexibility index (Phi) is 3.96. The summed E-state index contributed by atoms with van der Waals surface area (Å²) >= 11 is 0. The SMILES string of the molecule is CC1C(C(=O)O)CCN1C(=O)Cn1c(=O)[nH]c2ccccc2c1=O. The number of carbonyl (C=O) groups excluding carboxylic acids is 1. The highest BCUT2D eigenvalue weighted by Gasteiger charge is 2.38. The number of amides is 1. The minimum atomic E-state index is -0.946. The monoisotopic (exact) mass is 331 g/mol. The molecule has 2 unspecified atom stereocenters. The lowest BCUT2D eigenvalue weighted by Gasteiger charge is -2.23. The third-order valence-electron chi connectivity index (χ3n) is 4.58. The van der Waals surface area contributed by atoms with Crippen LogP contribution in [0.3, 0.4) is 0 Å². The van der Waals surface area contributed by atoms with Gasteiger partial charge in [-0.1, -0.05) is 12.1 Å². The van der Waals surface area contributed by atoms with Gasteiger partial charge in [0.1, 0.15) is 6.54 Å². The molecule has 24 heavy (non-hydrogen) atoms. The average molecular weight is 331 g/mol. The van der Waals surface area contributed by atoms with Crippen LogP contribution in [0.1, 0.15) is 13.3 Å². The van der Waals surface area contributed by atoms with Crippen molar-refractivity contribution in [3.8, 4) is 0 Å². The molecule has 1 aromatic heterocycles. The van der Waals surface area contributed by atoms with Gasteiger partial charge < -0.3 is 15.0 Å². The molecule has 1 amide bonds. The molecule has 2 atom stereocenters. The Morgan fingerprint density at radius 2 is 2.00 bits per heavy atom. The van der Waals surface area contributed by atoms with E-state index < -0.39 is 41.6 Å². The molecule has 2 heterocycles. The summed E-state index contributed by atoms with van der Waals surface area (Å²) in [6, 6.07) is 6.10. The maximum absolute atomic E-state index is 12.5. The molecule has 0 bridgehead atoms. The fraction of sp³-hybridized carbons (Fsp3) is 0.375. The molecule has 0 saturated carbocycles. The Morgan fingerprint density at radius 3 is 2.67 bits per heavy atom. The number of hydrogen-bond donors (Lipinski definition) is 2. The fourth-order valence-corrected chi connectivity index (χ4v) is 3.19. The lowest BCUT2D eigenvalue weighted by atomic mass is 10.0. The number of hydrogen-bond acceptors (Lipinski definition) is 4. The number of likely N-dealkylation sites (tertiary alicyclic amines) is 1. The second kappa shape index (κ2) is 5.95. The first-order valence-corrected chi connectivity index (χ1v) is 7.64. The third kappa shape index (κ3) is 2.60. The lowest BCUT2D eigenvalue weighted by molar-refractivity contribution is -0.143. The van der Waals surface area contributed by atoms with Crippen molar-refractivity contribution in [2.75, 3.05) is 6.54 Å². The zero-order chi connectivity index (χ0) is 17.4. The highest BCUT2D eigenvalue weighted by atomic mass is 16.4. The molecule has 1 aliphatic rings. The minimum absolute atomic E-state index is 0.303. The maximum atomic E-state index is 12.5. The van der Waals surface area contributed by atoms with E-state index in [9.17, 15) is 19.2 Å². The molecule has 0 aliphatic carbocycles. The highest BCUT2D eigenvalue weighted by Crippen LogP contribution is 2.24. The van der Waals surface area contributed by atoms with Gasteiger partial charge in [0.05, 0.1) is 16.8 Å². The van der Waals surface area contributed by atoms with Gasteiger partial charge in [-0.25, -0.2) is 4.79 Å². The van der Waals surface area contributed by atoms with Crippen molar-refractivity contribution in [2.24, 2.45) is 5.92 Å². The topological polar surface area (TPSA) is 112 Å². The van der Waals surface area contributed by atoms with Crippen LogP contribution in [0.5, 0.6) is 0 Å². The van der Waals surface area contributed by atoms with Gasteiger partial charge in [0.2, 0.25) is 5.91 Å². The number of nitrogens with zero attached hydrogens (tertiary/aromatic N) is 2. The first kappa shape index (κ1) is 16.0. The number of aromatic nitrogens is 2. The van der Waals surface area contributed by atoms with Gasteiger partial charge >= 0.3 is 11.7 Å². The van der Waals surface area contributed by atoms with Gasteiger partial charge in [-0.2, -0.15) is 0 Å². The number of carboxylic acids is 1. The van der Waals surface area contributed by atoms with Crippen molar-refractivity contribution >= 4 is 22.8 Å². The van der Waals surface area contributed by atoms with Crippen LogP contribution in [-0.4, -0.2) is 44.0 Å². The predicted molar refractivity (Wildman–Crippen MR) is 85.7 cm³/mol. The summed E-state index contributed by atoms with van der Waals surface area (Å²) in [5.74, 6) is -2.01. The summed E-state index contributed by atoms with van der Waals surface area (Å²) in [6.45, 7) is 1.56. The number of fused-ring (bicyclic) bond motifs is 1. The summed E-state index contributed by atoms with van der Waals surface area (Å²) < 4.78 is 0.853. The zero-order valence-electron chi connectivity index (χ0n) is 13.1. The smallest absolute Gasteiger partial charge is 0.329 e. The number of benzene rings is 1. The average Bonchev–Trinajstić information content (AvgIpc) is 2.93. The standard InChI is InChI=1S/C16H17N3O5/c1-9-10(15(22)23)6-7-18(9)13(20)8-19-14(21)11-4-2-3-5-12(11)17-16(19)24/h2-5,9-10H,6-8H2,1H3,(H,17,24)(H,22,23). The van der Waals surface area contributed by atoms with E-state index in [0.717, 1.165) is 4.57 Å². The minimum Gasteiger partial charge on any atom is -0.481 e. The number of aromatic amines is 1. The van der Waals surface area contributed by atoms with Crippen LogP contribution in [0, 0.1) is 5.92 Å². The van der Waals surface area contributed by atoms with E-state index in [1.807, 2.05) is 0 Å². The van der Waals surface area contributed by atoms with E-state index in [2.05, 4.69) is 4.98 Å². The number of carbonyl (C=O) groups is 2. The van der Waals surface area contributed by atoms with E-state index in [1.54, 1.807) is 31.2 Å². The Hall–Kier alpha value is -2.90. The normalized spacial score (nSPS) is 20.5. The van der Waals surface area contributed by atoms with Gasteiger partial charge in [0.25, 0.3) is 5.56 Å². The van der Waals surface area contributed by atoms with E-state index >= 15 is 0 Å². The van der Waals surface area contributed by atoms with Crippen LogP contribution in [0.25, 0.3) is 10.9 Å². The van der Waals surface area contributed by atoms with Crippen LogP contribution in [-0.2, 0) is 16.1 Å². The molecular formula is C16H17N3O5. The van der Waals surface area contributed by atoms with Crippen LogP contribution >= 0.6 is 0 Å². The van der Waals surface area contributed by atoms with Crippen molar-refractivity contribution in [3.05, 3.63) is 45.1 Å². The van der Waals surface area contributed by atoms with Gasteiger partial charge in [-0.3, -0.25) is 19.0 Å². The number of rotatable bonds is 3. The quantitative estimate of drug-likeness (QED) is 0.823. The number of nitrogens with one attached hydrogen (secondary N) is 1. The Morgan fingerprint density at radius 1 is 1.29 bits per heavy atom. The van der Waals surface area contributed by atoms with Crippen molar-refractivity contribution in [1.82, 2.24) is 14.5 Å². The molecule has 2 N–H and O–H groups in total. The van der Waals surface area contributed by atoms with Gasteiger partial charge in [0.15, 0.2) is 0 Å². The van der Waals surface area contributed by atoms with Crippen LogP contribution in [0.2, 0.25) is 0 Å². The molecule has 1 aliphatic heterocycles. The fourth-order valence-electron chi connectivity index (χ4n) is 3.19. The second-order valence-corrected chi connectivity index (χ2v) is 5.93. The van der Waals surface area contributed by atoms with E-state index in [-0.39, 0.29) is 0 Å². The highest BCUT2D eigenvalue weighted by molar-refractivity contribution is 5.80. The van der Waals surface area contributed by atoms with Gasteiger partial charge in [-0.15, -0.1) is 0 Å². The second-order valence-electron chi connectivity index (χ2n) is 5.93. The maximum Gasteiger partial charge on any atom is 0.329 e. The van der Waals surface area contributed by atoms with Crippen LogP contribution in [0.4, 0.5) is 0 Å². The van der Waals surface area contributed by atoms with Crippen LogP contribution < -0.4 is 11.2 Å². The number of aliphatic carboxylic acids is 1. The van der Waals surface area contributed by atoms with Crippen LogP contribution in [0.15, 0.2) is 33.9 Å². The van der Waals surface area contributed by atoms with E-state index in [0.29, 0.717) is 23.9 Å². The molecule has 1 fully saturated rings. The van der Waals surface area contributed by atoms with E-state index in [4.69, 9.17) is 5.11 Å². The Balaban J connectivity index is 1.91. The van der Waals surface area contributed by atoms with E-state index in [1.165, 1.54) is 4.90 Å². The molecule has 2 aromatic rings. The van der Waals surface area contributed by atoms with Crippen molar-refractivity contribution in [1.29, 1.82) is 0 Å². The molecule has 0 radical (unpaired) electrons. The summed E-state index contributed by atoms with van der Waals surface area (Å²) in [5, 5.41) is 9.45. The molecule has 0 spiro atoms. The number of para-hydroxylation sites is 1. The van der Waals surface area contributed by atoms with Crippen molar-refractivity contribution in [3.63, 3.8) is 0 Å². The number of H-pyrrole nitrogens is 1. The summed E-state index contributed by atoms with van der Waals surface area (Å²) in [5.41, 5.74) is -0.783. The molecule has 126 valence electrons. The third-order valence-corrected chi connectivity index (χ3v) is 4.58. The summed E-state index contributed by atoms with van der Waals surface area (Å²) in [7, 11) is 0. The molecule has 1 saturated heterocycles. The zero-order valence-corrected chi connectivity index (χ0v) is 13.1. The number of carboxylic acid groups (broad SMARTS) is 1. The molecule has 1 aromatic carbocycles.